The molecule has 0 radical (unpaired) electrons. The fourth-order valence-electron chi connectivity index (χ4n) is 3.50. The van der Waals surface area contributed by atoms with Crippen LogP contribution in [0.4, 0.5) is 0 Å². The van der Waals surface area contributed by atoms with Crippen LogP contribution in [0.5, 0.6) is 0 Å². The number of hydrogen-bond acceptors (Lipinski definition) is 7. The van der Waals surface area contributed by atoms with E-state index in [-0.39, 0.29) is 32.1 Å². The SMILES string of the molecule is CCOP(C)(=O)COCC#CCOCc1nc(C(C)C)c(Sc2cc(Cl)cc(Cl)c2)n1Cc1ccncc1. The van der Waals surface area contributed by atoms with Crippen molar-refractivity contribution in [3.8, 4) is 11.8 Å². The van der Waals surface area contributed by atoms with Crippen LogP contribution in [0.15, 0.2) is 52.6 Å². The fraction of sp³-hybridized carbons (Fsp3) is 0.407. The van der Waals surface area contributed by atoms with E-state index < -0.39 is 7.37 Å². The normalized spacial score (nSPS) is 12.8. The van der Waals surface area contributed by atoms with Crippen LogP contribution in [0, 0.1) is 11.8 Å². The van der Waals surface area contributed by atoms with Gasteiger partial charge in [-0.25, -0.2) is 4.98 Å². The molecule has 7 nitrogen and oxygen atoms in total. The fourth-order valence-corrected chi connectivity index (χ4v) is 6.46. The summed E-state index contributed by atoms with van der Waals surface area (Å²) in [6.45, 7) is 9.23. The van der Waals surface area contributed by atoms with E-state index in [0.29, 0.717) is 23.2 Å². The molecule has 1 atom stereocenters. The molecule has 1 aromatic carbocycles. The maximum absolute atomic E-state index is 12.0. The van der Waals surface area contributed by atoms with E-state index in [1.54, 1.807) is 43.8 Å². The van der Waals surface area contributed by atoms with Crippen LogP contribution in [0.3, 0.4) is 0 Å². The average Bonchev–Trinajstić information content (AvgIpc) is 3.17. The third-order valence-corrected chi connectivity index (χ3v) is 8.13. The summed E-state index contributed by atoms with van der Waals surface area (Å²) >= 11 is 14.1. The first-order valence-corrected chi connectivity index (χ1v) is 16.0. The number of aromatic nitrogens is 3. The summed E-state index contributed by atoms with van der Waals surface area (Å²) < 4.78 is 30.6. The lowest BCUT2D eigenvalue weighted by Gasteiger charge is -2.14. The van der Waals surface area contributed by atoms with Gasteiger partial charge in [0, 0.05) is 34.0 Å². The van der Waals surface area contributed by atoms with Gasteiger partial charge in [0.15, 0.2) is 0 Å². The minimum absolute atomic E-state index is 0.0408. The Morgan fingerprint density at radius 2 is 1.74 bits per heavy atom. The van der Waals surface area contributed by atoms with Crippen LogP contribution in [-0.2, 0) is 31.7 Å². The van der Waals surface area contributed by atoms with Crippen molar-refractivity contribution in [3.63, 3.8) is 0 Å². The van der Waals surface area contributed by atoms with Gasteiger partial charge in [-0.3, -0.25) is 9.55 Å². The molecule has 204 valence electrons. The van der Waals surface area contributed by atoms with E-state index in [1.807, 2.05) is 24.3 Å². The number of pyridine rings is 1. The Labute approximate surface area is 239 Å². The smallest absolute Gasteiger partial charge is 0.225 e. The van der Waals surface area contributed by atoms with Gasteiger partial charge in [0.2, 0.25) is 7.37 Å². The van der Waals surface area contributed by atoms with Crippen LogP contribution in [0.2, 0.25) is 10.0 Å². The Balaban J connectivity index is 1.75. The molecular weight excluding hydrogens is 564 g/mol. The van der Waals surface area contributed by atoms with Gasteiger partial charge in [0.05, 0.1) is 18.8 Å². The van der Waals surface area contributed by atoms with E-state index in [9.17, 15) is 4.57 Å². The molecule has 1 unspecified atom stereocenters. The van der Waals surface area contributed by atoms with Gasteiger partial charge in [0.25, 0.3) is 0 Å². The molecule has 0 fully saturated rings. The predicted octanol–water partition coefficient (Wildman–Crippen LogP) is 7.35. The number of ether oxygens (including phenoxy) is 2. The maximum atomic E-state index is 12.0. The zero-order chi connectivity index (χ0) is 27.5. The highest BCUT2D eigenvalue weighted by Gasteiger charge is 2.21. The van der Waals surface area contributed by atoms with Crippen LogP contribution in [-0.4, -0.2) is 47.4 Å². The molecule has 0 aliphatic carbocycles. The van der Waals surface area contributed by atoms with Crippen LogP contribution in [0.1, 0.15) is 43.8 Å². The number of rotatable bonds is 13. The molecular formula is C27H32Cl2N3O4PS. The second kappa shape index (κ2) is 15.1. The number of nitrogens with zero attached hydrogens (tertiary/aromatic N) is 3. The largest absolute Gasteiger partial charge is 0.361 e. The summed E-state index contributed by atoms with van der Waals surface area (Å²) in [4.78, 5) is 10.0. The lowest BCUT2D eigenvalue weighted by atomic mass is 10.1. The number of halogens is 2. The molecule has 0 bridgehead atoms. The molecule has 3 rings (SSSR count). The highest BCUT2D eigenvalue weighted by molar-refractivity contribution is 7.99. The van der Waals surface area contributed by atoms with Crippen molar-refractivity contribution < 1.29 is 18.6 Å². The third-order valence-electron chi connectivity index (χ3n) is 5.15. The van der Waals surface area contributed by atoms with E-state index in [1.165, 1.54) is 0 Å². The molecule has 3 aromatic rings. The summed E-state index contributed by atoms with van der Waals surface area (Å²) in [5.41, 5.74) is 2.06. The molecule has 0 aliphatic heterocycles. The first-order valence-electron chi connectivity index (χ1n) is 12.1. The highest BCUT2D eigenvalue weighted by Crippen LogP contribution is 2.42. The summed E-state index contributed by atoms with van der Waals surface area (Å²) in [5, 5.41) is 2.17. The van der Waals surface area contributed by atoms with Crippen LogP contribution >= 0.6 is 42.3 Å². The minimum atomic E-state index is -2.72. The molecule has 2 heterocycles. The first-order chi connectivity index (χ1) is 18.2. The average molecular weight is 597 g/mol. The Kier molecular flexibility index (Phi) is 12.2. The van der Waals surface area contributed by atoms with Gasteiger partial charge in [-0.15, -0.1) is 0 Å². The van der Waals surface area contributed by atoms with E-state index in [0.717, 1.165) is 27.0 Å². The third kappa shape index (κ3) is 9.73. The molecule has 0 saturated heterocycles. The quantitative estimate of drug-likeness (QED) is 0.116. The Hall–Kier alpha value is -1.82. The molecule has 38 heavy (non-hydrogen) atoms. The Morgan fingerprint density at radius 3 is 2.37 bits per heavy atom. The summed E-state index contributed by atoms with van der Waals surface area (Å²) in [6.07, 6.45) is 3.59. The summed E-state index contributed by atoms with van der Waals surface area (Å²) in [5.74, 6) is 6.80. The molecule has 0 amide bonds. The van der Waals surface area contributed by atoms with Crippen LogP contribution < -0.4 is 0 Å². The standard InChI is InChI=1S/C27H32Cl2N3O4PS/c1-5-36-37(4,33)19-35-13-7-6-12-34-18-25-31-26(20(2)3)27(32(25)17-21-8-10-30-11-9-21)38-24-15-22(28)14-23(29)16-24/h8-11,14-16,20H,5,12-13,17-19H2,1-4H3. The van der Waals surface area contributed by atoms with E-state index >= 15 is 0 Å². The van der Waals surface area contributed by atoms with Crippen molar-refractivity contribution in [2.75, 3.05) is 32.8 Å². The van der Waals surface area contributed by atoms with Gasteiger partial charge >= 0.3 is 0 Å². The number of imidazole rings is 1. The maximum Gasteiger partial charge on any atom is 0.225 e. The molecule has 0 saturated carbocycles. The molecule has 11 heteroatoms. The predicted molar refractivity (Wildman–Crippen MR) is 154 cm³/mol. The lowest BCUT2D eigenvalue weighted by Crippen LogP contribution is -2.08. The number of benzene rings is 1. The van der Waals surface area contributed by atoms with Gasteiger partial charge in [-0.1, -0.05) is 60.7 Å². The Bertz CT molecular complexity index is 1290. The van der Waals surface area contributed by atoms with Gasteiger partial charge in [-0.05, 0) is 48.7 Å². The summed E-state index contributed by atoms with van der Waals surface area (Å²) in [6, 6.07) is 9.47. The van der Waals surface area contributed by atoms with Crippen molar-refractivity contribution in [1.29, 1.82) is 0 Å². The second-order valence-electron chi connectivity index (χ2n) is 8.78. The summed E-state index contributed by atoms with van der Waals surface area (Å²) in [7, 11) is -2.72. The highest BCUT2D eigenvalue weighted by atomic mass is 35.5. The topological polar surface area (TPSA) is 75.5 Å². The Morgan fingerprint density at radius 1 is 1.08 bits per heavy atom. The first kappa shape index (κ1) is 30.7. The second-order valence-corrected chi connectivity index (χ2v) is 13.3. The van der Waals surface area contributed by atoms with Crippen molar-refractivity contribution in [2.45, 2.75) is 49.8 Å². The van der Waals surface area contributed by atoms with E-state index in [4.69, 9.17) is 42.2 Å². The van der Waals surface area contributed by atoms with Crippen LogP contribution in [0.25, 0.3) is 0 Å². The van der Waals surface area contributed by atoms with Gasteiger partial charge < -0.3 is 18.6 Å². The lowest BCUT2D eigenvalue weighted by molar-refractivity contribution is 0.143. The van der Waals surface area contributed by atoms with Crippen molar-refractivity contribution >= 4 is 42.3 Å². The van der Waals surface area contributed by atoms with Gasteiger partial charge in [-0.2, -0.15) is 0 Å². The molecule has 0 spiro atoms. The minimum Gasteiger partial charge on any atom is -0.361 e. The monoisotopic (exact) mass is 595 g/mol. The van der Waals surface area contributed by atoms with Crippen molar-refractivity contribution in [2.24, 2.45) is 0 Å². The van der Waals surface area contributed by atoms with E-state index in [2.05, 4.69) is 35.2 Å². The van der Waals surface area contributed by atoms with Gasteiger partial charge in [0.1, 0.15) is 37.0 Å². The number of hydrogen-bond donors (Lipinski definition) is 0. The zero-order valence-electron chi connectivity index (χ0n) is 21.9. The molecule has 0 aliphatic rings. The molecule has 0 N–H and O–H groups in total. The zero-order valence-corrected chi connectivity index (χ0v) is 25.2. The van der Waals surface area contributed by atoms with Crippen molar-refractivity contribution in [1.82, 2.24) is 14.5 Å². The molecule has 2 aromatic heterocycles. The van der Waals surface area contributed by atoms with Crippen molar-refractivity contribution in [3.05, 3.63) is 69.9 Å².